The minimum absolute atomic E-state index is 0.0678. The van der Waals surface area contributed by atoms with Crippen LogP contribution in [0.25, 0.3) is 21.3 Å². The molecule has 0 aromatic carbocycles. The van der Waals surface area contributed by atoms with Gasteiger partial charge in [-0.15, -0.1) is 22.7 Å². The smallest absolute Gasteiger partial charge is 0.350 e. The number of hydrogen-bond donors (Lipinski definition) is 0. The fourth-order valence-electron chi connectivity index (χ4n) is 2.11. The van der Waals surface area contributed by atoms with E-state index in [9.17, 15) is 4.79 Å². The van der Waals surface area contributed by atoms with Crippen molar-refractivity contribution in [3.05, 3.63) is 50.8 Å². The first-order valence-electron chi connectivity index (χ1n) is 7.24. The summed E-state index contributed by atoms with van der Waals surface area (Å²) in [6.07, 6.45) is 0. The van der Waals surface area contributed by atoms with Gasteiger partial charge in [-0.05, 0) is 29.8 Å². The number of carbonyl (C=O) groups excluding carboxylic acids is 1. The zero-order valence-electron chi connectivity index (χ0n) is 13.0. The SMILES string of the molecule is Cc1nc(-c2cccs2)sc1C(=O)OCc1nc(-c2ccsc2)no1. The predicted octanol–water partition coefficient (Wildman–Crippen LogP) is 4.65. The van der Waals surface area contributed by atoms with Crippen molar-refractivity contribution in [3.63, 3.8) is 0 Å². The number of aromatic nitrogens is 3. The summed E-state index contributed by atoms with van der Waals surface area (Å²) in [5, 5.41) is 10.5. The molecule has 0 aliphatic rings. The fraction of sp³-hybridized carbons (Fsp3) is 0.125. The maximum Gasteiger partial charge on any atom is 0.350 e. The van der Waals surface area contributed by atoms with E-state index in [0.29, 0.717) is 16.4 Å². The highest BCUT2D eigenvalue weighted by atomic mass is 32.1. The molecular formula is C16H11N3O3S3. The Hall–Kier alpha value is -2.36. The lowest BCUT2D eigenvalue weighted by Gasteiger charge is -1.99. The highest BCUT2D eigenvalue weighted by molar-refractivity contribution is 7.22. The van der Waals surface area contributed by atoms with Gasteiger partial charge in [0.25, 0.3) is 5.89 Å². The van der Waals surface area contributed by atoms with Crippen LogP contribution in [0, 0.1) is 6.92 Å². The molecule has 0 radical (unpaired) electrons. The number of carbonyl (C=O) groups is 1. The largest absolute Gasteiger partial charge is 0.451 e. The molecule has 9 heteroatoms. The van der Waals surface area contributed by atoms with Crippen molar-refractivity contribution in [2.75, 3.05) is 0 Å². The summed E-state index contributed by atoms with van der Waals surface area (Å²) in [4.78, 5) is 22.5. The first-order valence-corrected chi connectivity index (χ1v) is 9.88. The molecule has 4 heterocycles. The van der Waals surface area contributed by atoms with Gasteiger partial charge in [-0.3, -0.25) is 0 Å². The van der Waals surface area contributed by atoms with E-state index in [1.807, 2.05) is 34.3 Å². The van der Waals surface area contributed by atoms with Gasteiger partial charge < -0.3 is 9.26 Å². The van der Waals surface area contributed by atoms with Crippen LogP contribution < -0.4 is 0 Å². The number of thiophene rings is 2. The second-order valence-electron chi connectivity index (χ2n) is 5.01. The number of thiazole rings is 1. The van der Waals surface area contributed by atoms with Crippen LogP contribution in [0.4, 0.5) is 0 Å². The maximum atomic E-state index is 12.3. The van der Waals surface area contributed by atoms with Gasteiger partial charge in [-0.25, -0.2) is 9.78 Å². The molecule has 0 spiro atoms. The molecule has 0 atom stereocenters. The normalized spacial score (nSPS) is 10.9. The van der Waals surface area contributed by atoms with Crippen LogP contribution in [-0.4, -0.2) is 21.1 Å². The summed E-state index contributed by atoms with van der Waals surface area (Å²) in [5.74, 6) is 0.310. The molecule has 0 bridgehead atoms. The van der Waals surface area contributed by atoms with Crippen molar-refractivity contribution in [1.29, 1.82) is 0 Å². The standard InChI is InChI=1S/C16H11N3O3S3/c1-9-13(25-15(17-9)11-3-2-5-24-11)16(20)21-7-12-18-14(19-22-12)10-4-6-23-8-10/h2-6,8H,7H2,1H3. The summed E-state index contributed by atoms with van der Waals surface area (Å²) >= 11 is 4.46. The minimum atomic E-state index is -0.437. The average molecular weight is 389 g/mol. The molecule has 0 N–H and O–H groups in total. The van der Waals surface area contributed by atoms with E-state index in [0.717, 1.165) is 15.4 Å². The summed E-state index contributed by atoms with van der Waals surface area (Å²) in [5.41, 5.74) is 1.54. The highest BCUT2D eigenvalue weighted by Gasteiger charge is 2.19. The third-order valence-electron chi connectivity index (χ3n) is 3.29. The quantitative estimate of drug-likeness (QED) is 0.462. The van der Waals surface area contributed by atoms with E-state index < -0.39 is 5.97 Å². The Bertz CT molecular complexity index is 987. The van der Waals surface area contributed by atoms with Crippen LogP contribution in [0.15, 0.2) is 38.9 Å². The van der Waals surface area contributed by atoms with E-state index in [4.69, 9.17) is 9.26 Å². The molecular weight excluding hydrogens is 378 g/mol. The van der Waals surface area contributed by atoms with Gasteiger partial charge in [-0.2, -0.15) is 16.3 Å². The summed E-state index contributed by atoms with van der Waals surface area (Å²) in [7, 11) is 0. The first-order chi connectivity index (χ1) is 12.2. The van der Waals surface area contributed by atoms with E-state index in [-0.39, 0.29) is 12.5 Å². The average Bonchev–Trinajstić information content (AvgIpc) is 3.38. The van der Waals surface area contributed by atoms with Crippen LogP contribution in [0.3, 0.4) is 0 Å². The monoisotopic (exact) mass is 389 g/mol. The van der Waals surface area contributed by atoms with Gasteiger partial charge in [0.1, 0.15) is 9.88 Å². The Kier molecular flexibility index (Phi) is 4.43. The fourth-order valence-corrected chi connectivity index (χ4v) is 4.50. The number of hydrogen-bond acceptors (Lipinski definition) is 9. The third kappa shape index (κ3) is 3.39. The Morgan fingerprint density at radius 2 is 2.20 bits per heavy atom. The number of nitrogens with zero attached hydrogens (tertiary/aromatic N) is 3. The van der Waals surface area contributed by atoms with Gasteiger partial charge in [-0.1, -0.05) is 11.2 Å². The summed E-state index contributed by atoms with van der Waals surface area (Å²) in [6, 6.07) is 5.83. The molecule has 0 unspecified atom stereocenters. The van der Waals surface area contributed by atoms with Gasteiger partial charge in [0.2, 0.25) is 5.82 Å². The summed E-state index contributed by atoms with van der Waals surface area (Å²) < 4.78 is 10.4. The second-order valence-corrected chi connectivity index (χ2v) is 7.74. The van der Waals surface area contributed by atoms with Crippen molar-refractivity contribution >= 4 is 40.0 Å². The Morgan fingerprint density at radius 1 is 1.28 bits per heavy atom. The van der Waals surface area contributed by atoms with Crippen LogP contribution >= 0.6 is 34.0 Å². The number of aryl methyl sites for hydroxylation is 1. The van der Waals surface area contributed by atoms with Crippen LogP contribution in [0.5, 0.6) is 0 Å². The molecule has 4 aromatic heterocycles. The predicted molar refractivity (Wildman–Crippen MR) is 96.9 cm³/mol. The lowest BCUT2D eigenvalue weighted by atomic mass is 10.3. The van der Waals surface area contributed by atoms with E-state index in [1.54, 1.807) is 29.6 Å². The van der Waals surface area contributed by atoms with Crippen LogP contribution in [-0.2, 0) is 11.3 Å². The molecule has 6 nitrogen and oxygen atoms in total. The Balaban J connectivity index is 1.44. The molecule has 0 amide bonds. The molecule has 4 aromatic rings. The number of ether oxygens (including phenoxy) is 1. The maximum absolute atomic E-state index is 12.3. The van der Waals surface area contributed by atoms with Crippen molar-refractivity contribution in [3.8, 4) is 21.3 Å². The highest BCUT2D eigenvalue weighted by Crippen LogP contribution is 2.31. The lowest BCUT2D eigenvalue weighted by Crippen LogP contribution is -2.05. The van der Waals surface area contributed by atoms with Gasteiger partial charge in [0, 0.05) is 10.9 Å². The molecule has 126 valence electrons. The molecule has 0 saturated carbocycles. The van der Waals surface area contributed by atoms with E-state index in [1.165, 1.54) is 11.3 Å². The Morgan fingerprint density at radius 3 is 2.96 bits per heavy atom. The van der Waals surface area contributed by atoms with Crippen molar-refractivity contribution in [2.24, 2.45) is 0 Å². The van der Waals surface area contributed by atoms with Crippen LogP contribution in [0.1, 0.15) is 21.3 Å². The van der Waals surface area contributed by atoms with Crippen molar-refractivity contribution in [1.82, 2.24) is 15.1 Å². The molecule has 0 saturated heterocycles. The molecule has 0 aliphatic heterocycles. The zero-order chi connectivity index (χ0) is 17.2. The topological polar surface area (TPSA) is 78.1 Å². The van der Waals surface area contributed by atoms with Crippen molar-refractivity contribution < 1.29 is 14.1 Å². The van der Waals surface area contributed by atoms with Crippen LogP contribution in [0.2, 0.25) is 0 Å². The first kappa shape index (κ1) is 16.1. The molecule has 4 rings (SSSR count). The number of esters is 1. The van der Waals surface area contributed by atoms with Gasteiger partial charge in [0.15, 0.2) is 6.61 Å². The summed E-state index contributed by atoms with van der Waals surface area (Å²) in [6.45, 7) is 1.73. The number of rotatable bonds is 5. The van der Waals surface area contributed by atoms with E-state index >= 15 is 0 Å². The van der Waals surface area contributed by atoms with Gasteiger partial charge >= 0.3 is 5.97 Å². The van der Waals surface area contributed by atoms with Crippen molar-refractivity contribution in [2.45, 2.75) is 13.5 Å². The molecule has 25 heavy (non-hydrogen) atoms. The molecule has 0 aliphatic carbocycles. The van der Waals surface area contributed by atoms with Gasteiger partial charge in [0.05, 0.1) is 10.6 Å². The zero-order valence-corrected chi connectivity index (χ0v) is 15.4. The third-order valence-corrected chi connectivity index (χ3v) is 6.15. The second kappa shape index (κ2) is 6.87. The lowest BCUT2D eigenvalue weighted by molar-refractivity contribution is 0.0434. The Labute approximate surface area is 154 Å². The minimum Gasteiger partial charge on any atom is -0.451 e. The molecule has 0 fully saturated rings. The van der Waals surface area contributed by atoms with E-state index in [2.05, 4.69) is 15.1 Å².